The monoisotopic (exact) mass is 410 g/mol. The third kappa shape index (κ3) is 6.10. The second-order valence-corrected chi connectivity index (χ2v) is 7.78. The number of rotatable bonds is 4. The van der Waals surface area contributed by atoms with E-state index >= 15 is 0 Å². The molecule has 2 N–H and O–H groups in total. The lowest BCUT2D eigenvalue weighted by Gasteiger charge is -2.29. The van der Waals surface area contributed by atoms with Crippen molar-refractivity contribution in [2.45, 2.75) is 30.0 Å². The van der Waals surface area contributed by atoms with Gasteiger partial charge in [0.25, 0.3) is 0 Å². The van der Waals surface area contributed by atoms with Crippen LogP contribution in [0.2, 0.25) is 5.02 Å². The van der Waals surface area contributed by atoms with Crippen molar-refractivity contribution in [2.75, 3.05) is 5.32 Å². The maximum Gasteiger partial charge on any atom is 0.418 e. The Hall–Kier alpha value is -0.560. The van der Waals surface area contributed by atoms with Gasteiger partial charge in [0.1, 0.15) is 6.17 Å². The Morgan fingerprint density at radius 3 is 2.17 bits per heavy atom. The van der Waals surface area contributed by atoms with Crippen LogP contribution in [0, 0.1) is 5.92 Å². The summed E-state index contributed by atoms with van der Waals surface area (Å²) in [7, 11) is 0. The van der Waals surface area contributed by atoms with Crippen LogP contribution in [0.25, 0.3) is 0 Å². The van der Waals surface area contributed by atoms with Gasteiger partial charge in [-0.25, -0.2) is 0 Å². The average molecular weight is 412 g/mol. The molecule has 130 valence electrons. The second kappa shape index (κ2) is 7.55. The molecule has 3 nitrogen and oxygen atoms in total. The SMILES string of the molecule is CC(C)C(=O)N[C@@H](Nc1cc(Cl)ccc1C(F)(F)F)C(Cl)(Cl)Cl. The number of hydrogen-bond acceptors (Lipinski definition) is 2. The summed E-state index contributed by atoms with van der Waals surface area (Å²) in [5.74, 6) is -0.947. The zero-order chi connectivity index (χ0) is 18.0. The molecule has 1 aromatic rings. The maximum atomic E-state index is 13.0. The van der Waals surface area contributed by atoms with Gasteiger partial charge in [0, 0.05) is 16.6 Å². The van der Waals surface area contributed by atoms with Gasteiger partial charge in [0.15, 0.2) is 0 Å². The third-order valence-corrected chi connectivity index (χ3v) is 3.61. The van der Waals surface area contributed by atoms with Crippen LogP contribution in [0.15, 0.2) is 18.2 Å². The summed E-state index contributed by atoms with van der Waals surface area (Å²) in [6.45, 7) is 3.18. The molecule has 0 heterocycles. The fourth-order valence-electron chi connectivity index (χ4n) is 1.55. The standard InChI is InChI=1S/C13H13Cl4F3N2O/c1-6(2)10(23)22-11(12(15,16)17)21-9-5-7(14)3-4-8(9)13(18,19)20/h3-6,11,21H,1-2H3,(H,22,23)/t11-/m1/s1. The van der Waals surface area contributed by atoms with Gasteiger partial charge in [-0.15, -0.1) is 0 Å². The summed E-state index contributed by atoms with van der Waals surface area (Å²) >= 11 is 23.0. The van der Waals surface area contributed by atoms with Crippen molar-refractivity contribution in [1.29, 1.82) is 0 Å². The highest BCUT2D eigenvalue weighted by Crippen LogP contribution is 2.38. The second-order valence-electron chi connectivity index (χ2n) is 4.97. The highest BCUT2D eigenvalue weighted by atomic mass is 35.6. The van der Waals surface area contributed by atoms with E-state index in [-0.39, 0.29) is 5.02 Å². The Bertz CT molecular complexity index is 573. The first-order valence-corrected chi connectivity index (χ1v) is 7.84. The molecule has 1 atom stereocenters. The highest BCUT2D eigenvalue weighted by Gasteiger charge is 2.38. The van der Waals surface area contributed by atoms with Crippen molar-refractivity contribution in [3.8, 4) is 0 Å². The number of amides is 1. The molecule has 0 aliphatic rings. The fourth-order valence-corrected chi connectivity index (χ4v) is 2.05. The minimum atomic E-state index is -4.65. The van der Waals surface area contributed by atoms with Crippen LogP contribution in [0.3, 0.4) is 0 Å². The predicted octanol–water partition coefficient (Wildman–Crippen LogP) is 5.24. The van der Waals surface area contributed by atoms with Crippen molar-refractivity contribution in [2.24, 2.45) is 5.92 Å². The Morgan fingerprint density at radius 1 is 1.17 bits per heavy atom. The van der Waals surface area contributed by atoms with Crippen LogP contribution >= 0.6 is 46.4 Å². The highest BCUT2D eigenvalue weighted by molar-refractivity contribution is 6.68. The molecule has 0 unspecified atom stereocenters. The van der Waals surface area contributed by atoms with Gasteiger partial charge >= 0.3 is 6.18 Å². The molecule has 0 saturated carbocycles. The van der Waals surface area contributed by atoms with Crippen LogP contribution in [0.4, 0.5) is 18.9 Å². The van der Waals surface area contributed by atoms with Gasteiger partial charge < -0.3 is 10.6 Å². The van der Waals surface area contributed by atoms with E-state index in [4.69, 9.17) is 46.4 Å². The molecule has 0 aromatic heterocycles. The van der Waals surface area contributed by atoms with E-state index in [1.165, 1.54) is 0 Å². The maximum absolute atomic E-state index is 13.0. The van der Waals surface area contributed by atoms with Crippen LogP contribution in [-0.2, 0) is 11.0 Å². The smallest absolute Gasteiger partial charge is 0.361 e. The minimum absolute atomic E-state index is 0.0544. The number of halogens is 7. The Balaban J connectivity index is 3.18. The van der Waals surface area contributed by atoms with E-state index in [0.717, 1.165) is 18.2 Å². The molecule has 10 heteroatoms. The first kappa shape index (κ1) is 20.5. The molecule has 0 saturated heterocycles. The van der Waals surface area contributed by atoms with E-state index in [9.17, 15) is 18.0 Å². The summed E-state index contributed by atoms with van der Waals surface area (Å²) in [6.07, 6.45) is -6.03. The zero-order valence-corrected chi connectivity index (χ0v) is 15.0. The van der Waals surface area contributed by atoms with Crippen LogP contribution < -0.4 is 10.6 Å². The molecule has 0 spiro atoms. The van der Waals surface area contributed by atoms with Gasteiger partial charge in [-0.1, -0.05) is 60.3 Å². The molecular formula is C13H13Cl4F3N2O. The minimum Gasteiger partial charge on any atom is -0.361 e. The largest absolute Gasteiger partial charge is 0.418 e. The molecule has 0 bridgehead atoms. The Kier molecular flexibility index (Phi) is 6.73. The van der Waals surface area contributed by atoms with E-state index < -0.39 is 39.2 Å². The van der Waals surface area contributed by atoms with Crippen molar-refractivity contribution in [1.82, 2.24) is 5.32 Å². The quantitative estimate of drug-likeness (QED) is 0.525. The molecule has 1 amide bonds. The third-order valence-electron chi connectivity index (χ3n) is 2.73. The molecule has 0 fully saturated rings. The number of carbonyl (C=O) groups is 1. The number of anilines is 1. The lowest BCUT2D eigenvalue weighted by molar-refractivity contribution is -0.137. The Labute approximate surface area is 151 Å². The first-order valence-electron chi connectivity index (χ1n) is 6.32. The van der Waals surface area contributed by atoms with Crippen molar-refractivity contribution >= 4 is 58.0 Å². The lowest BCUT2D eigenvalue weighted by Crippen LogP contribution is -2.50. The molecule has 0 aliphatic carbocycles. The molecule has 0 radical (unpaired) electrons. The first-order chi connectivity index (χ1) is 10.3. The number of hydrogen-bond donors (Lipinski definition) is 2. The normalized spacial score (nSPS) is 13.8. The van der Waals surface area contributed by atoms with Crippen molar-refractivity contribution < 1.29 is 18.0 Å². The zero-order valence-electron chi connectivity index (χ0n) is 11.9. The molecular weight excluding hydrogens is 399 g/mol. The van der Waals surface area contributed by atoms with Crippen LogP contribution in [0.1, 0.15) is 19.4 Å². The number of alkyl halides is 6. The summed E-state index contributed by atoms with van der Waals surface area (Å²) in [4.78, 5) is 11.8. The molecule has 0 aliphatic heterocycles. The van der Waals surface area contributed by atoms with Gasteiger partial charge in [-0.3, -0.25) is 4.79 Å². The molecule has 1 rings (SSSR count). The summed E-state index contributed by atoms with van der Waals surface area (Å²) in [5, 5.41) is 4.79. The van der Waals surface area contributed by atoms with E-state index in [0.29, 0.717) is 0 Å². The van der Waals surface area contributed by atoms with E-state index in [2.05, 4.69) is 10.6 Å². The summed E-state index contributed by atoms with van der Waals surface area (Å²) in [5.41, 5.74) is -1.41. The van der Waals surface area contributed by atoms with Crippen LogP contribution in [0.5, 0.6) is 0 Å². The van der Waals surface area contributed by atoms with Gasteiger partial charge in [-0.2, -0.15) is 13.2 Å². The number of benzene rings is 1. The molecule has 1 aromatic carbocycles. The number of carbonyl (C=O) groups excluding carboxylic acids is 1. The molecule has 23 heavy (non-hydrogen) atoms. The van der Waals surface area contributed by atoms with Gasteiger partial charge in [-0.05, 0) is 18.2 Å². The number of nitrogens with one attached hydrogen (secondary N) is 2. The topological polar surface area (TPSA) is 41.1 Å². The van der Waals surface area contributed by atoms with Gasteiger partial charge in [0.2, 0.25) is 9.70 Å². The Morgan fingerprint density at radius 2 is 1.74 bits per heavy atom. The fraction of sp³-hybridized carbons (Fsp3) is 0.462. The summed E-state index contributed by atoms with van der Waals surface area (Å²) in [6, 6.07) is 2.92. The average Bonchev–Trinajstić information content (AvgIpc) is 2.35. The van der Waals surface area contributed by atoms with Crippen LogP contribution in [-0.4, -0.2) is 15.9 Å². The lowest BCUT2D eigenvalue weighted by atomic mass is 10.1. The van der Waals surface area contributed by atoms with E-state index in [1.54, 1.807) is 13.8 Å². The van der Waals surface area contributed by atoms with Crippen molar-refractivity contribution in [3.63, 3.8) is 0 Å². The summed E-state index contributed by atoms with van der Waals surface area (Å²) < 4.78 is 37.1. The van der Waals surface area contributed by atoms with Crippen molar-refractivity contribution in [3.05, 3.63) is 28.8 Å². The van der Waals surface area contributed by atoms with Gasteiger partial charge in [0.05, 0.1) is 5.56 Å². The van der Waals surface area contributed by atoms with E-state index in [1.807, 2.05) is 0 Å². The predicted molar refractivity (Wildman–Crippen MR) is 87.1 cm³/mol.